The van der Waals surface area contributed by atoms with Crippen LogP contribution in [0.15, 0.2) is 35.6 Å². The highest BCUT2D eigenvalue weighted by molar-refractivity contribution is 6.10. The number of ketones is 1. The quantitative estimate of drug-likeness (QED) is 0.921. The summed E-state index contributed by atoms with van der Waals surface area (Å²) in [5.74, 6) is -1.04. The third-order valence-corrected chi connectivity index (χ3v) is 4.05. The molecule has 0 saturated heterocycles. The van der Waals surface area contributed by atoms with Gasteiger partial charge in [0.2, 0.25) is 0 Å². The molecule has 1 atom stereocenters. The van der Waals surface area contributed by atoms with Crippen molar-refractivity contribution >= 4 is 11.7 Å². The normalized spacial score (nSPS) is 18.7. The number of benzene rings is 1. The zero-order valence-electron chi connectivity index (χ0n) is 14.5. The van der Waals surface area contributed by atoms with Gasteiger partial charge in [0, 0.05) is 12.0 Å². The molecule has 1 amide bonds. The molecule has 1 aromatic rings. The molecule has 23 heavy (non-hydrogen) atoms. The molecule has 0 aliphatic carbocycles. The molecule has 0 bridgehead atoms. The van der Waals surface area contributed by atoms with Crippen molar-refractivity contribution in [3.63, 3.8) is 0 Å². The third-order valence-electron chi connectivity index (χ3n) is 4.05. The van der Waals surface area contributed by atoms with Crippen LogP contribution in [0.4, 0.5) is 0 Å². The highest BCUT2D eigenvalue weighted by Gasteiger charge is 2.45. The number of aliphatic hydroxyl groups is 1. The molecule has 1 aliphatic heterocycles. The summed E-state index contributed by atoms with van der Waals surface area (Å²) in [7, 11) is 0. The maximum absolute atomic E-state index is 12.8. The summed E-state index contributed by atoms with van der Waals surface area (Å²) in [5, 5.41) is 10.4. The van der Waals surface area contributed by atoms with Gasteiger partial charge in [-0.2, -0.15) is 0 Å². The zero-order valence-corrected chi connectivity index (χ0v) is 14.5. The van der Waals surface area contributed by atoms with Crippen LogP contribution in [0.2, 0.25) is 0 Å². The van der Waals surface area contributed by atoms with E-state index in [9.17, 15) is 14.7 Å². The van der Waals surface area contributed by atoms with Crippen LogP contribution in [-0.2, 0) is 9.59 Å². The molecule has 0 saturated carbocycles. The number of hydrogen-bond donors (Lipinski definition) is 1. The SMILES string of the molecule is CCCN1C(=O)C(O)=C(C(=O)C(C)(C)C)C1c1cccc(C)c1. The number of hydrogen-bond acceptors (Lipinski definition) is 3. The summed E-state index contributed by atoms with van der Waals surface area (Å²) in [4.78, 5) is 26.9. The molecule has 0 aromatic heterocycles. The fourth-order valence-electron chi connectivity index (χ4n) is 2.95. The summed E-state index contributed by atoms with van der Waals surface area (Å²) < 4.78 is 0. The molecule has 1 aromatic carbocycles. The molecule has 4 nitrogen and oxygen atoms in total. The van der Waals surface area contributed by atoms with Crippen LogP contribution in [0.3, 0.4) is 0 Å². The Kier molecular flexibility index (Phi) is 4.64. The monoisotopic (exact) mass is 315 g/mol. The van der Waals surface area contributed by atoms with E-state index in [2.05, 4.69) is 0 Å². The highest BCUT2D eigenvalue weighted by atomic mass is 16.3. The van der Waals surface area contributed by atoms with Gasteiger partial charge in [0.05, 0.1) is 11.6 Å². The minimum absolute atomic E-state index is 0.187. The van der Waals surface area contributed by atoms with Gasteiger partial charge in [-0.25, -0.2) is 0 Å². The van der Waals surface area contributed by atoms with E-state index in [-0.39, 0.29) is 11.4 Å². The third kappa shape index (κ3) is 3.16. The zero-order chi connectivity index (χ0) is 17.4. The first kappa shape index (κ1) is 17.3. The second-order valence-electron chi connectivity index (χ2n) is 7.16. The minimum atomic E-state index is -0.659. The predicted molar refractivity (Wildman–Crippen MR) is 90.0 cm³/mol. The molecule has 2 rings (SSSR count). The van der Waals surface area contributed by atoms with Crippen molar-refractivity contribution in [2.75, 3.05) is 6.54 Å². The van der Waals surface area contributed by atoms with E-state index in [1.807, 2.05) is 38.1 Å². The average Bonchev–Trinajstić information content (AvgIpc) is 2.71. The summed E-state index contributed by atoms with van der Waals surface area (Å²) in [6.45, 7) is 9.85. The fraction of sp³-hybridized carbons (Fsp3) is 0.474. The molecule has 1 unspecified atom stereocenters. The van der Waals surface area contributed by atoms with E-state index in [0.29, 0.717) is 6.54 Å². The van der Waals surface area contributed by atoms with E-state index in [1.165, 1.54) is 0 Å². The average molecular weight is 315 g/mol. The summed E-state index contributed by atoms with van der Waals surface area (Å²) >= 11 is 0. The molecular weight excluding hydrogens is 290 g/mol. The standard InChI is InChI=1S/C19H25NO3/c1-6-10-20-15(13-9-7-8-12(2)11-13)14(16(21)18(20)23)17(22)19(3,4)5/h7-9,11,15,21H,6,10H2,1-5H3. The van der Waals surface area contributed by atoms with Gasteiger partial charge in [-0.05, 0) is 18.9 Å². The van der Waals surface area contributed by atoms with E-state index in [1.54, 1.807) is 25.7 Å². The van der Waals surface area contributed by atoms with Crippen molar-refractivity contribution < 1.29 is 14.7 Å². The molecule has 0 spiro atoms. The van der Waals surface area contributed by atoms with Gasteiger partial charge in [0.15, 0.2) is 11.5 Å². The van der Waals surface area contributed by atoms with Gasteiger partial charge in [-0.15, -0.1) is 0 Å². The van der Waals surface area contributed by atoms with Crippen molar-refractivity contribution in [1.29, 1.82) is 0 Å². The number of carbonyl (C=O) groups excluding carboxylic acids is 2. The van der Waals surface area contributed by atoms with Crippen LogP contribution in [-0.4, -0.2) is 28.2 Å². The Hall–Kier alpha value is -2.10. The van der Waals surface area contributed by atoms with E-state index < -0.39 is 23.1 Å². The van der Waals surface area contributed by atoms with Crippen molar-refractivity contribution in [3.8, 4) is 0 Å². The molecule has 1 heterocycles. The van der Waals surface area contributed by atoms with E-state index >= 15 is 0 Å². The number of aryl methyl sites for hydroxylation is 1. The lowest BCUT2D eigenvalue weighted by Gasteiger charge is -2.28. The number of nitrogens with zero attached hydrogens (tertiary/aromatic N) is 1. The second-order valence-corrected chi connectivity index (χ2v) is 7.16. The minimum Gasteiger partial charge on any atom is -0.503 e. The lowest BCUT2D eigenvalue weighted by atomic mass is 9.82. The Bertz CT molecular complexity index is 667. The maximum Gasteiger partial charge on any atom is 0.290 e. The topological polar surface area (TPSA) is 57.6 Å². The Labute approximate surface area is 137 Å². The number of Topliss-reactive ketones (excluding diaryl/α,β-unsaturated/α-hetero) is 1. The Morgan fingerprint density at radius 3 is 2.48 bits per heavy atom. The molecule has 124 valence electrons. The van der Waals surface area contributed by atoms with E-state index in [0.717, 1.165) is 17.5 Å². The van der Waals surface area contributed by atoms with Gasteiger partial charge in [-0.1, -0.05) is 57.5 Å². The Morgan fingerprint density at radius 2 is 1.96 bits per heavy atom. The second kappa shape index (κ2) is 6.19. The number of rotatable bonds is 4. The summed E-state index contributed by atoms with van der Waals surface area (Å²) in [6, 6.07) is 7.25. The lowest BCUT2D eigenvalue weighted by molar-refractivity contribution is -0.129. The van der Waals surface area contributed by atoms with Gasteiger partial charge < -0.3 is 10.0 Å². The number of aliphatic hydroxyl groups excluding tert-OH is 1. The molecule has 1 aliphatic rings. The predicted octanol–water partition coefficient (Wildman–Crippen LogP) is 3.72. The van der Waals surface area contributed by atoms with Crippen LogP contribution < -0.4 is 0 Å². The van der Waals surface area contributed by atoms with Gasteiger partial charge in [-0.3, -0.25) is 9.59 Å². The first-order chi connectivity index (χ1) is 10.7. The number of carbonyl (C=O) groups is 2. The van der Waals surface area contributed by atoms with Crippen molar-refractivity contribution in [1.82, 2.24) is 4.90 Å². The van der Waals surface area contributed by atoms with Gasteiger partial charge in [0.25, 0.3) is 5.91 Å². The van der Waals surface area contributed by atoms with Gasteiger partial charge >= 0.3 is 0 Å². The van der Waals surface area contributed by atoms with E-state index in [4.69, 9.17) is 0 Å². The molecule has 4 heteroatoms. The molecule has 0 radical (unpaired) electrons. The summed E-state index contributed by atoms with van der Waals surface area (Å²) in [6.07, 6.45) is 0.762. The number of amides is 1. The van der Waals surface area contributed by atoms with Crippen LogP contribution in [0.5, 0.6) is 0 Å². The fourth-order valence-corrected chi connectivity index (χ4v) is 2.95. The van der Waals surface area contributed by atoms with Gasteiger partial charge in [0.1, 0.15) is 0 Å². The van der Waals surface area contributed by atoms with Crippen molar-refractivity contribution in [2.24, 2.45) is 5.41 Å². The first-order valence-corrected chi connectivity index (χ1v) is 8.04. The molecule has 0 fully saturated rings. The lowest BCUT2D eigenvalue weighted by Crippen LogP contribution is -2.33. The smallest absolute Gasteiger partial charge is 0.290 e. The van der Waals surface area contributed by atoms with Crippen molar-refractivity contribution in [2.45, 2.75) is 47.1 Å². The Morgan fingerprint density at radius 1 is 1.30 bits per heavy atom. The highest BCUT2D eigenvalue weighted by Crippen LogP contribution is 2.40. The first-order valence-electron chi connectivity index (χ1n) is 8.04. The summed E-state index contributed by atoms with van der Waals surface area (Å²) in [5.41, 5.74) is 1.49. The van der Waals surface area contributed by atoms with Crippen molar-refractivity contribution in [3.05, 3.63) is 46.7 Å². The largest absolute Gasteiger partial charge is 0.503 e. The van der Waals surface area contributed by atoms with Crippen LogP contribution in [0.1, 0.15) is 51.3 Å². The van der Waals surface area contributed by atoms with Crippen LogP contribution in [0.25, 0.3) is 0 Å². The molecular formula is C19H25NO3. The Balaban J connectivity index is 2.60. The maximum atomic E-state index is 12.8. The van der Waals surface area contributed by atoms with Crippen LogP contribution >= 0.6 is 0 Å². The molecule has 1 N–H and O–H groups in total. The van der Waals surface area contributed by atoms with Crippen LogP contribution in [0, 0.1) is 12.3 Å².